The van der Waals surface area contributed by atoms with Gasteiger partial charge in [0, 0.05) is 5.38 Å². The second-order valence-corrected chi connectivity index (χ2v) is 9.83. The largest absolute Gasteiger partial charge is 0.316 e. The number of nitrogens with one attached hydrogen (secondary N) is 1. The standard InChI is InChI=1S/C15H26N2O2S2/c1-11(2)7-16-8-14(6-15-9-20-12(3)17-15)13-4-5-21(18,19)10-13/h9,11,13-14,16H,4-8,10H2,1-3H3. The maximum absolute atomic E-state index is 11.8. The van der Waals surface area contributed by atoms with E-state index in [1.54, 1.807) is 11.3 Å². The molecule has 0 aromatic carbocycles. The Bertz CT molecular complexity index is 552. The van der Waals surface area contributed by atoms with Gasteiger partial charge in [-0.05, 0) is 50.6 Å². The Kier molecular flexibility index (Phi) is 5.80. The summed E-state index contributed by atoms with van der Waals surface area (Å²) in [5.74, 6) is 1.96. The van der Waals surface area contributed by atoms with Crippen LogP contribution in [0, 0.1) is 24.7 Å². The number of aromatic nitrogens is 1. The fraction of sp³-hybridized carbons (Fsp3) is 0.800. The second kappa shape index (κ2) is 7.20. The van der Waals surface area contributed by atoms with Crippen LogP contribution in [0.2, 0.25) is 0 Å². The first-order valence-electron chi connectivity index (χ1n) is 7.68. The van der Waals surface area contributed by atoms with Gasteiger partial charge in [-0.2, -0.15) is 0 Å². The molecule has 1 aliphatic rings. The number of nitrogens with zero attached hydrogens (tertiary/aromatic N) is 1. The highest BCUT2D eigenvalue weighted by atomic mass is 32.2. The smallest absolute Gasteiger partial charge is 0.150 e. The predicted molar refractivity (Wildman–Crippen MR) is 88.5 cm³/mol. The zero-order valence-corrected chi connectivity index (χ0v) is 14.8. The van der Waals surface area contributed by atoms with Crippen molar-refractivity contribution in [3.05, 3.63) is 16.1 Å². The molecule has 120 valence electrons. The minimum Gasteiger partial charge on any atom is -0.316 e. The molecule has 2 heterocycles. The van der Waals surface area contributed by atoms with Crippen molar-refractivity contribution in [2.45, 2.75) is 33.6 Å². The van der Waals surface area contributed by atoms with Gasteiger partial charge in [-0.15, -0.1) is 11.3 Å². The third-order valence-electron chi connectivity index (χ3n) is 4.03. The lowest BCUT2D eigenvalue weighted by Crippen LogP contribution is -2.32. The summed E-state index contributed by atoms with van der Waals surface area (Å²) in [6.07, 6.45) is 1.69. The van der Waals surface area contributed by atoms with E-state index < -0.39 is 9.84 Å². The van der Waals surface area contributed by atoms with E-state index in [-0.39, 0.29) is 5.92 Å². The molecule has 6 heteroatoms. The number of thiazole rings is 1. The van der Waals surface area contributed by atoms with Gasteiger partial charge in [-0.1, -0.05) is 13.8 Å². The molecule has 2 atom stereocenters. The summed E-state index contributed by atoms with van der Waals surface area (Å²) in [6.45, 7) is 8.25. The molecule has 4 nitrogen and oxygen atoms in total. The van der Waals surface area contributed by atoms with Crippen LogP contribution in [0.4, 0.5) is 0 Å². The van der Waals surface area contributed by atoms with Gasteiger partial charge in [0.2, 0.25) is 0 Å². The summed E-state index contributed by atoms with van der Waals surface area (Å²) in [5.41, 5.74) is 1.11. The monoisotopic (exact) mass is 330 g/mol. The van der Waals surface area contributed by atoms with Crippen molar-refractivity contribution < 1.29 is 8.42 Å². The Morgan fingerprint density at radius 1 is 1.43 bits per heavy atom. The fourth-order valence-electron chi connectivity index (χ4n) is 2.93. The molecule has 0 bridgehead atoms. The Hall–Kier alpha value is -0.460. The summed E-state index contributed by atoms with van der Waals surface area (Å²) in [6, 6.07) is 0. The summed E-state index contributed by atoms with van der Waals surface area (Å²) in [7, 11) is -2.81. The number of hydrogen-bond acceptors (Lipinski definition) is 5. The number of sulfone groups is 1. The van der Waals surface area contributed by atoms with E-state index in [9.17, 15) is 8.42 Å². The molecule has 1 aromatic heterocycles. The molecule has 0 saturated carbocycles. The highest BCUT2D eigenvalue weighted by Gasteiger charge is 2.33. The first-order valence-corrected chi connectivity index (χ1v) is 10.4. The summed E-state index contributed by atoms with van der Waals surface area (Å²) in [4.78, 5) is 4.54. The van der Waals surface area contributed by atoms with Crippen molar-refractivity contribution in [3.8, 4) is 0 Å². The van der Waals surface area contributed by atoms with Crippen LogP contribution < -0.4 is 5.32 Å². The summed E-state index contributed by atoms with van der Waals surface area (Å²) >= 11 is 1.67. The zero-order chi connectivity index (χ0) is 15.5. The minimum atomic E-state index is -2.81. The van der Waals surface area contributed by atoms with Crippen LogP contribution in [0.25, 0.3) is 0 Å². The molecule has 2 rings (SSSR count). The van der Waals surface area contributed by atoms with Crippen molar-refractivity contribution in [3.63, 3.8) is 0 Å². The third-order valence-corrected chi connectivity index (χ3v) is 6.65. The molecule has 1 aliphatic heterocycles. The fourth-order valence-corrected chi connectivity index (χ4v) is 5.47. The van der Waals surface area contributed by atoms with E-state index in [4.69, 9.17) is 0 Å². The summed E-state index contributed by atoms with van der Waals surface area (Å²) < 4.78 is 23.5. The zero-order valence-electron chi connectivity index (χ0n) is 13.1. The van der Waals surface area contributed by atoms with E-state index in [1.807, 2.05) is 6.92 Å². The molecule has 21 heavy (non-hydrogen) atoms. The number of rotatable bonds is 7. The van der Waals surface area contributed by atoms with E-state index >= 15 is 0 Å². The van der Waals surface area contributed by atoms with E-state index in [0.717, 1.165) is 36.6 Å². The van der Waals surface area contributed by atoms with E-state index in [2.05, 4.69) is 29.5 Å². The lowest BCUT2D eigenvalue weighted by molar-refractivity contribution is 0.335. The Morgan fingerprint density at radius 2 is 2.19 bits per heavy atom. The number of aryl methyl sites for hydroxylation is 1. The quantitative estimate of drug-likeness (QED) is 0.833. The van der Waals surface area contributed by atoms with Gasteiger partial charge in [0.1, 0.15) is 0 Å². The van der Waals surface area contributed by atoms with Gasteiger partial charge in [-0.3, -0.25) is 0 Å². The molecule has 1 N–H and O–H groups in total. The molecule has 1 aromatic rings. The van der Waals surface area contributed by atoms with Crippen LogP contribution in [0.1, 0.15) is 31.0 Å². The highest BCUT2D eigenvalue weighted by molar-refractivity contribution is 7.91. The van der Waals surface area contributed by atoms with Crippen LogP contribution in [0.5, 0.6) is 0 Å². The molecular weight excluding hydrogens is 304 g/mol. The predicted octanol–water partition coefficient (Wildman–Crippen LogP) is 2.29. The molecule has 1 fully saturated rings. The number of hydrogen-bond donors (Lipinski definition) is 1. The maximum Gasteiger partial charge on any atom is 0.150 e. The van der Waals surface area contributed by atoms with E-state index in [0.29, 0.717) is 23.3 Å². The van der Waals surface area contributed by atoms with Gasteiger partial charge in [-0.25, -0.2) is 13.4 Å². The van der Waals surface area contributed by atoms with Crippen LogP contribution in [0.3, 0.4) is 0 Å². The average Bonchev–Trinajstić information content (AvgIpc) is 2.93. The maximum atomic E-state index is 11.8. The van der Waals surface area contributed by atoms with Gasteiger partial charge in [0.25, 0.3) is 0 Å². The summed E-state index contributed by atoms with van der Waals surface area (Å²) in [5, 5.41) is 6.68. The third kappa shape index (κ3) is 5.34. The lowest BCUT2D eigenvalue weighted by Gasteiger charge is -2.23. The molecule has 0 amide bonds. The van der Waals surface area contributed by atoms with Crippen LogP contribution >= 0.6 is 11.3 Å². The van der Waals surface area contributed by atoms with Gasteiger partial charge in [0.15, 0.2) is 9.84 Å². The van der Waals surface area contributed by atoms with Crippen molar-refractivity contribution in [1.82, 2.24) is 10.3 Å². The molecule has 0 aliphatic carbocycles. The highest BCUT2D eigenvalue weighted by Crippen LogP contribution is 2.28. The van der Waals surface area contributed by atoms with Crippen LogP contribution in [0.15, 0.2) is 5.38 Å². The van der Waals surface area contributed by atoms with Crippen LogP contribution in [-0.2, 0) is 16.3 Å². The normalized spacial score (nSPS) is 22.8. The Balaban J connectivity index is 1.99. The van der Waals surface area contributed by atoms with Crippen molar-refractivity contribution >= 4 is 21.2 Å². The van der Waals surface area contributed by atoms with Crippen molar-refractivity contribution in [2.24, 2.45) is 17.8 Å². The van der Waals surface area contributed by atoms with Crippen LogP contribution in [-0.4, -0.2) is 38.0 Å². The minimum absolute atomic E-state index is 0.275. The average molecular weight is 331 g/mol. The van der Waals surface area contributed by atoms with Gasteiger partial charge < -0.3 is 5.32 Å². The molecule has 0 spiro atoms. The van der Waals surface area contributed by atoms with Crippen molar-refractivity contribution in [1.29, 1.82) is 0 Å². The second-order valence-electron chi connectivity index (χ2n) is 6.54. The van der Waals surface area contributed by atoms with Crippen molar-refractivity contribution in [2.75, 3.05) is 24.6 Å². The van der Waals surface area contributed by atoms with E-state index in [1.165, 1.54) is 0 Å². The lowest BCUT2D eigenvalue weighted by atomic mass is 9.88. The molecule has 2 unspecified atom stereocenters. The topological polar surface area (TPSA) is 59.1 Å². The molecule has 1 saturated heterocycles. The SMILES string of the molecule is Cc1nc(CC(CNCC(C)C)C2CCS(=O)(=O)C2)cs1. The van der Waals surface area contributed by atoms with Gasteiger partial charge in [0.05, 0.1) is 22.2 Å². The Morgan fingerprint density at radius 3 is 2.71 bits per heavy atom. The Labute approximate surface area is 132 Å². The first-order chi connectivity index (χ1) is 9.85. The first kappa shape index (κ1) is 16.9. The van der Waals surface area contributed by atoms with Gasteiger partial charge >= 0.3 is 0 Å². The molecule has 0 radical (unpaired) electrons. The molecular formula is C15H26N2O2S2.